The average molecular weight is 262 g/mol. The van der Waals surface area contributed by atoms with Gasteiger partial charge in [-0.05, 0) is 24.1 Å². The molecule has 1 aliphatic heterocycles. The van der Waals surface area contributed by atoms with E-state index in [1.807, 2.05) is 0 Å². The first kappa shape index (κ1) is 13.1. The molecule has 0 saturated carbocycles. The topological polar surface area (TPSA) is 101 Å². The van der Waals surface area contributed by atoms with Crippen LogP contribution in [-0.2, 0) is 16.1 Å². The number of hydrogen-bond donors (Lipinski definition) is 2. The number of carbonyl (C=O) groups is 3. The van der Waals surface area contributed by atoms with E-state index in [-0.39, 0.29) is 18.9 Å². The highest BCUT2D eigenvalue weighted by Crippen LogP contribution is 2.21. The molecule has 1 aliphatic rings. The molecule has 1 atom stereocenters. The molecule has 2 rings (SSSR count). The normalized spacial score (nSPS) is 18.6. The van der Waals surface area contributed by atoms with Crippen molar-refractivity contribution in [3.8, 4) is 0 Å². The molecular weight excluding hydrogens is 248 g/mol. The molecule has 19 heavy (non-hydrogen) atoms. The van der Waals surface area contributed by atoms with Crippen molar-refractivity contribution in [1.29, 1.82) is 0 Å². The van der Waals surface area contributed by atoms with Crippen LogP contribution in [0.25, 0.3) is 0 Å². The third-order valence-corrected chi connectivity index (χ3v) is 3.20. The van der Waals surface area contributed by atoms with E-state index < -0.39 is 17.9 Å². The Kier molecular flexibility index (Phi) is 3.50. The molecule has 1 aromatic carbocycles. The SMILES string of the molecule is NC(=O)c1ccc(CN2C(=O)CC[C@@H]2C(=O)O)cc1. The second kappa shape index (κ2) is 5.09. The van der Waals surface area contributed by atoms with Gasteiger partial charge in [-0.3, -0.25) is 9.59 Å². The van der Waals surface area contributed by atoms with Gasteiger partial charge < -0.3 is 15.7 Å². The first-order valence-electron chi connectivity index (χ1n) is 5.90. The largest absolute Gasteiger partial charge is 0.480 e. The van der Waals surface area contributed by atoms with Crippen LogP contribution in [0.3, 0.4) is 0 Å². The number of hydrogen-bond acceptors (Lipinski definition) is 3. The predicted octanol–water partition coefficient (Wildman–Crippen LogP) is 0.361. The Morgan fingerprint density at radius 3 is 2.47 bits per heavy atom. The molecule has 0 bridgehead atoms. The van der Waals surface area contributed by atoms with Crippen LogP contribution >= 0.6 is 0 Å². The number of rotatable bonds is 4. The van der Waals surface area contributed by atoms with Crippen molar-refractivity contribution in [1.82, 2.24) is 4.90 Å². The zero-order chi connectivity index (χ0) is 14.0. The van der Waals surface area contributed by atoms with E-state index in [2.05, 4.69) is 0 Å². The Labute approximate surface area is 109 Å². The number of primary amides is 1. The number of aliphatic carboxylic acids is 1. The lowest BCUT2D eigenvalue weighted by Crippen LogP contribution is -2.37. The zero-order valence-corrected chi connectivity index (χ0v) is 10.2. The number of nitrogens with two attached hydrogens (primary N) is 1. The van der Waals surface area contributed by atoms with E-state index in [9.17, 15) is 14.4 Å². The molecule has 3 N–H and O–H groups in total. The van der Waals surface area contributed by atoms with Crippen molar-refractivity contribution in [2.45, 2.75) is 25.4 Å². The van der Waals surface area contributed by atoms with Crippen molar-refractivity contribution in [3.63, 3.8) is 0 Å². The first-order chi connectivity index (χ1) is 8.99. The Hall–Kier alpha value is -2.37. The highest BCUT2D eigenvalue weighted by atomic mass is 16.4. The van der Waals surface area contributed by atoms with Gasteiger partial charge in [-0.2, -0.15) is 0 Å². The molecule has 0 aliphatic carbocycles. The van der Waals surface area contributed by atoms with Crippen molar-refractivity contribution < 1.29 is 19.5 Å². The fourth-order valence-corrected chi connectivity index (χ4v) is 2.16. The second-order valence-electron chi connectivity index (χ2n) is 4.48. The highest BCUT2D eigenvalue weighted by molar-refractivity contribution is 5.92. The quantitative estimate of drug-likeness (QED) is 0.818. The van der Waals surface area contributed by atoms with Crippen molar-refractivity contribution in [2.24, 2.45) is 5.73 Å². The number of carboxylic acids is 1. The summed E-state index contributed by atoms with van der Waals surface area (Å²) in [5, 5.41) is 9.04. The zero-order valence-electron chi connectivity index (χ0n) is 10.2. The molecule has 0 aromatic heterocycles. The van der Waals surface area contributed by atoms with Gasteiger partial charge in [0.1, 0.15) is 6.04 Å². The number of likely N-dealkylation sites (tertiary alicyclic amines) is 1. The molecule has 1 aromatic rings. The van der Waals surface area contributed by atoms with Crippen LogP contribution in [0.2, 0.25) is 0 Å². The standard InChI is InChI=1S/C13H14N2O4/c14-12(17)9-3-1-8(2-4-9)7-15-10(13(18)19)5-6-11(15)16/h1-4,10H,5-7H2,(H2,14,17)(H,18,19)/t10-/m1/s1. The second-order valence-corrected chi connectivity index (χ2v) is 4.48. The van der Waals surface area contributed by atoms with E-state index in [1.165, 1.54) is 4.90 Å². The van der Waals surface area contributed by atoms with Gasteiger partial charge in [0.25, 0.3) is 0 Å². The summed E-state index contributed by atoms with van der Waals surface area (Å²) in [4.78, 5) is 35.0. The van der Waals surface area contributed by atoms with Crippen LogP contribution in [0.4, 0.5) is 0 Å². The number of benzene rings is 1. The fourth-order valence-electron chi connectivity index (χ4n) is 2.16. The van der Waals surface area contributed by atoms with Crippen molar-refractivity contribution in [3.05, 3.63) is 35.4 Å². The maximum Gasteiger partial charge on any atom is 0.326 e. The summed E-state index contributed by atoms with van der Waals surface area (Å²) < 4.78 is 0. The third-order valence-electron chi connectivity index (χ3n) is 3.20. The van der Waals surface area contributed by atoms with Gasteiger partial charge in [-0.25, -0.2) is 4.79 Å². The summed E-state index contributed by atoms with van der Waals surface area (Å²) in [6.07, 6.45) is 0.601. The summed E-state index contributed by atoms with van der Waals surface area (Å²) in [6, 6.07) is 5.71. The Bertz CT molecular complexity index is 524. The number of amides is 2. The molecule has 6 nitrogen and oxygen atoms in total. The predicted molar refractivity (Wildman–Crippen MR) is 66.2 cm³/mol. The first-order valence-corrected chi connectivity index (χ1v) is 5.90. The van der Waals surface area contributed by atoms with Crippen LogP contribution in [0.1, 0.15) is 28.8 Å². The smallest absolute Gasteiger partial charge is 0.326 e. The minimum Gasteiger partial charge on any atom is -0.480 e. The minimum absolute atomic E-state index is 0.161. The Morgan fingerprint density at radius 2 is 1.95 bits per heavy atom. The van der Waals surface area contributed by atoms with Crippen LogP contribution in [0.15, 0.2) is 24.3 Å². The van der Waals surface area contributed by atoms with E-state index in [0.29, 0.717) is 12.0 Å². The molecule has 1 saturated heterocycles. The van der Waals surface area contributed by atoms with E-state index in [4.69, 9.17) is 10.8 Å². The van der Waals surface area contributed by atoms with Crippen LogP contribution in [0.5, 0.6) is 0 Å². The van der Waals surface area contributed by atoms with Gasteiger partial charge in [-0.15, -0.1) is 0 Å². The minimum atomic E-state index is -0.986. The van der Waals surface area contributed by atoms with Crippen LogP contribution in [-0.4, -0.2) is 33.8 Å². The van der Waals surface area contributed by atoms with Gasteiger partial charge in [0.2, 0.25) is 11.8 Å². The summed E-state index contributed by atoms with van der Waals surface area (Å²) in [6.45, 7) is 0.231. The highest BCUT2D eigenvalue weighted by Gasteiger charge is 2.35. The lowest BCUT2D eigenvalue weighted by atomic mass is 10.1. The van der Waals surface area contributed by atoms with Crippen LogP contribution in [0, 0.1) is 0 Å². The molecule has 2 amide bonds. The summed E-state index contributed by atoms with van der Waals surface area (Å²) in [7, 11) is 0. The van der Waals surface area contributed by atoms with E-state index >= 15 is 0 Å². The molecule has 100 valence electrons. The maximum atomic E-state index is 11.7. The number of nitrogens with zero attached hydrogens (tertiary/aromatic N) is 1. The summed E-state index contributed by atoms with van der Waals surface area (Å²) in [5.74, 6) is -1.67. The molecule has 1 heterocycles. The third kappa shape index (κ3) is 2.73. The van der Waals surface area contributed by atoms with Gasteiger partial charge in [0, 0.05) is 18.5 Å². The van der Waals surface area contributed by atoms with E-state index in [1.54, 1.807) is 24.3 Å². The maximum absolute atomic E-state index is 11.7. The Morgan fingerprint density at radius 1 is 1.32 bits per heavy atom. The molecular formula is C13H14N2O4. The van der Waals surface area contributed by atoms with Crippen LogP contribution < -0.4 is 5.73 Å². The monoisotopic (exact) mass is 262 g/mol. The fraction of sp³-hybridized carbons (Fsp3) is 0.308. The van der Waals surface area contributed by atoms with Crippen molar-refractivity contribution in [2.75, 3.05) is 0 Å². The molecule has 0 radical (unpaired) electrons. The summed E-state index contributed by atoms with van der Waals surface area (Å²) >= 11 is 0. The lowest BCUT2D eigenvalue weighted by molar-refractivity contribution is -0.146. The summed E-state index contributed by atoms with van der Waals surface area (Å²) in [5.41, 5.74) is 6.28. The van der Waals surface area contributed by atoms with Gasteiger partial charge in [0.05, 0.1) is 0 Å². The number of carboxylic acid groups (broad SMARTS) is 1. The van der Waals surface area contributed by atoms with Gasteiger partial charge >= 0.3 is 5.97 Å². The number of carbonyl (C=O) groups excluding carboxylic acids is 2. The van der Waals surface area contributed by atoms with Gasteiger partial charge in [0.15, 0.2) is 0 Å². The molecule has 1 fully saturated rings. The molecule has 0 spiro atoms. The molecule has 6 heteroatoms. The lowest BCUT2D eigenvalue weighted by Gasteiger charge is -2.21. The van der Waals surface area contributed by atoms with Crippen molar-refractivity contribution >= 4 is 17.8 Å². The van der Waals surface area contributed by atoms with Gasteiger partial charge in [-0.1, -0.05) is 12.1 Å². The molecule has 0 unspecified atom stereocenters. The average Bonchev–Trinajstić information content (AvgIpc) is 2.72. The Balaban J connectivity index is 2.13. The van der Waals surface area contributed by atoms with E-state index in [0.717, 1.165) is 5.56 Å².